The second-order valence-corrected chi connectivity index (χ2v) is 7.01. The lowest BCUT2D eigenvalue weighted by Crippen LogP contribution is -2.51. The van der Waals surface area contributed by atoms with Gasteiger partial charge in [-0.1, -0.05) is 35.8 Å². The van der Waals surface area contributed by atoms with Crippen LogP contribution in [0.1, 0.15) is 19.8 Å². The number of carbonyl (C=O) groups excluding carboxylic acids is 1. The van der Waals surface area contributed by atoms with Crippen LogP contribution in [0, 0.1) is 0 Å². The van der Waals surface area contributed by atoms with Crippen molar-refractivity contribution < 1.29 is 4.79 Å². The average molecular weight is 411 g/mol. The largest absolute Gasteiger partial charge is 0.377 e. The molecule has 1 fully saturated rings. The Bertz CT molecular complexity index is 889. The van der Waals surface area contributed by atoms with Gasteiger partial charge < -0.3 is 9.80 Å². The van der Waals surface area contributed by atoms with Gasteiger partial charge in [0.15, 0.2) is 0 Å². The molecular weight excluding hydrogens is 391 g/mol. The maximum absolute atomic E-state index is 13.0. The second-order valence-electron chi connectivity index (χ2n) is 6.20. The molecule has 1 amide bonds. The van der Waals surface area contributed by atoms with Gasteiger partial charge in [0.05, 0.1) is 16.1 Å². The first-order valence-corrected chi connectivity index (χ1v) is 9.40. The normalized spacial score (nSPS) is 17.0. The monoisotopic (exact) mass is 410 g/mol. The van der Waals surface area contributed by atoms with Gasteiger partial charge in [0, 0.05) is 19.6 Å². The van der Waals surface area contributed by atoms with Crippen LogP contribution in [0.4, 0.5) is 4.79 Å². The fourth-order valence-electron chi connectivity index (χ4n) is 3.27. The van der Waals surface area contributed by atoms with E-state index in [9.17, 15) is 9.59 Å². The molecule has 1 aliphatic heterocycles. The van der Waals surface area contributed by atoms with E-state index in [1.807, 2.05) is 6.92 Å². The van der Waals surface area contributed by atoms with E-state index in [4.69, 9.17) is 23.2 Å². The number of nitrogens with zero attached hydrogens (tertiary/aromatic N) is 6. The number of aromatic nitrogens is 4. The molecule has 3 rings (SSSR count). The first-order chi connectivity index (χ1) is 13.0. The van der Waals surface area contributed by atoms with E-state index in [0.29, 0.717) is 13.1 Å². The van der Waals surface area contributed by atoms with Crippen molar-refractivity contribution in [1.82, 2.24) is 29.6 Å². The van der Waals surface area contributed by atoms with Gasteiger partial charge in [-0.05, 0) is 48.5 Å². The summed E-state index contributed by atoms with van der Waals surface area (Å²) in [5.41, 5.74) is -0.520. The molecule has 1 saturated heterocycles. The minimum atomic E-state index is -0.718. The molecule has 144 valence electrons. The van der Waals surface area contributed by atoms with Crippen molar-refractivity contribution in [2.24, 2.45) is 0 Å². The molecule has 0 aliphatic carbocycles. The van der Waals surface area contributed by atoms with Crippen LogP contribution >= 0.6 is 23.2 Å². The topological polar surface area (TPSA) is 76.3 Å². The molecule has 1 aromatic carbocycles. The lowest BCUT2D eigenvalue weighted by molar-refractivity contribution is 0.134. The summed E-state index contributed by atoms with van der Waals surface area (Å²) in [6.07, 6.45) is 3.56. The molecule has 2 heterocycles. The Morgan fingerprint density at radius 2 is 2.07 bits per heavy atom. The van der Waals surface area contributed by atoms with Crippen LogP contribution in [0.2, 0.25) is 10.0 Å². The molecule has 8 nitrogen and oxygen atoms in total. The summed E-state index contributed by atoms with van der Waals surface area (Å²) in [7, 11) is 0. The van der Waals surface area contributed by atoms with Crippen LogP contribution in [0.3, 0.4) is 0 Å². The van der Waals surface area contributed by atoms with Crippen molar-refractivity contribution in [2.75, 3.05) is 19.6 Å². The number of hydrogen-bond acceptors (Lipinski definition) is 5. The molecule has 0 N–H and O–H groups in total. The Morgan fingerprint density at radius 3 is 2.70 bits per heavy atom. The highest BCUT2D eigenvalue weighted by molar-refractivity contribution is 6.37. The number of halogens is 2. The van der Waals surface area contributed by atoms with Crippen molar-refractivity contribution in [3.63, 3.8) is 0 Å². The molecule has 10 heteroatoms. The van der Waals surface area contributed by atoms with E-state index in [1.54, 1.807) is 29.3 Å². The number of likely N-dealkylation sites (tertiary alicyclic amines) is 1. The maximum atomic E-state index is 13.0. The standard InChI is InChI=1S/C17H20Cl2N6O2/c1-3-22-10-6-7-12(11-22)23(4-2)16(26)25-17(27)24(20-21-25)15-13(18)8-5-9-14(15)19/h3,5,8-9,12H,1,4,6-7,10-11H2,2H3. The quantitative estimate of drug-likeness (QED) is 0.723. The van der Waals surface area contributed by atoms with Crippen molar-refractivity contribution in [2.45, 2.75) is 25.8 Å². The summed E-state index contributed by atoms with van der Waals surface area (Å²) in [4.78, 5) is 29.4. The summed E-state index contributed by atoms with van der Waals surface area (Å²) >= 11 is 12.3. The summed E-state index contributed by atoms with van der Waals surface area (Å²) in [6.45, 7) is 7.68. The molecule has 0 spiro atoms. The first kappa shape index (κ1) is 19.4. The van der Waals surface area contributed by atoms with Crippen molar-refractivity contribution >= 4 is 29.2 Å². The fraction of sp³-hybridized carbons (Fsp3) is 0.412. The van der Waals surface area contributed by atoms with Gasteiger partial charge in [-0.15, -0.1) is 4.68 Å². The molecule has 1 aliphatic rings. The van der Waals surface area contributed by atoms with Crippen LogP contribution in [0.15, 0.2) is 35.8 Å². The molecule has 27 heavy (non-hydrogen) atoms. The van der Waals surface area contributed by atoms with Crippen molar-refractivity contribution in [3.05, 3.63) is 51.5 Å². The molecule has 0 saturated carbocycles. The number of benzene rings is 1. The first-order valence-electron chi connectivity index (χ1n) is 8.65. The number of amides is 1. The number of likely N-dealkylation sites (N-methyl/N-ethyl adjacent to an activating group) is 1. The minimum absolute atomic E-state index is 0.0322. The lowest BCUT2D eigenvalue weighted by atomic mass is 10.0. The predicted molar refractivity (Wildman–Crippen MR) is 104 cm³/mol. The van der Waals surface area contributed by atoms with Gasteiger partial charge in [-0.3, -0.25) is 0 Å². The highest BCUT2D eigenvalue weighted by atomic mass is 35.5. The van der Waals surface area contributed by atoms with Crippen molar-refractivity contribution in [3.8, 4) is 5.69 Å². The zero-order valence-corrected chi connectivity index (χ0v) is 16.4. The zero-order chi connectivity index (χ0) is 19.6. The van der Waals surface area contributed by atoms with Crippen LogP contribution in [0.5, 0.6) is 0 Å². The van der Waals surface area contributed by atoms with Gasteiger partial charge in [0.25, 0.3) is 0 Å². The summed E-state index contributed by atoms with van der Waals surface area (Å²) in [6, 6.07) is 4.27. The van der Waals surface area contributed by atoms with Gasteiger partial charge >= 0.3 is 11.7 Å². The third-order valence-electron chi connectivity index (χ3n) is 4.63. The Kier molecular flexibility index (Phi) is 5.86. The number of para-hydroxylation sites is 1. The maximum Gasteiger partial charge on any atom is 0.377 e. The SMILES string of the molecule is C=CN1CCCC(N(CC)C(=O)n2nnn(-c3c(Cl)cccc3Cl)c2=O)C1. The number of tetrazole rings is 1. The van der Waals surface area contributed by atoms with Crippen LogP contribution in [0.25, 0.3) is 5.69 Å². The Labute approximate surface area is 166 Å². The molecule has 2 aromatic rings. The highest BCUT2D eigenvalue weighted by Crippen LogP contribution is 2.26. The summed E-state index contributed by atoms with van der Waals surface area (Å²) in [5, 5.41) is 8.03. The van der Waals surface area contributed by atoms with E-state index in [0.717, 1.165) is 28.8 Å². The third kappa shape index (κ3) is 3.72. The molecule has 0 radical (unpaired) electrons. The Hall–Kier alpha value is -2.32. The minimum Gasteiger partial charge on any atom is -0.376 e. The molecule has 0 bridgehead atoms. The average Bonchev–Trinajstić information content (AvgIpc) is 3.03. The van der Waals surface area contributed by atoms with E-state index < -0.39 is 11.7 Å². The second kappa shape index (κ2) is 8.14. The van der Waals surface area contributed by atoms with Gasteiger partial charge in [-0.25, -0.2) is 9.59 Å². The summed E-state index contributed by atoms with van der Waals surface area (Å²) < 4.78 is 1.68. The molecule has 1 unspecified atom stereocenters. The molecule has 1 atom stereocenters. The van der Waals surface area contributed by atoms with Gasteiger partial charge in [0.1, 0.15) is 5.69 Å². The van der Waals surface area contributed by atoms with Crippen molar-refractivity contribution in [1.29, 1.82) is 0 Å². The number of carbonyl (C=O) groups is 1. The highest BCUT2D eigenvalue weighted by Gasteiger charge is 2.30. The molecule has 1 aromatic heterocycles. The van der Waals surface area contributed by atoms with Crippen LogP contribution < -0.4 is 5.69 Å². The van der Waals surface area contributed by atoms with Gasteiger partial charge in [-0.2, -0.15) is 4.68 Å². The van der Waals surface area contributed by atoms with E-state index >= 15 is 0 Å². The Balaban J connectivity index is 1.92. The van der Waals surface area contributed by atoms with E-state index in [2.05, 4.69) is 21.9 Å². The van der Waals surface area contributed by atoms with Crippen LogP contribution in [-0.2, 0) is 0 Å². The van der Waals surface area contributed by atoms with Crippen LogP contribution in [-0.4, -0.2) is 61.3 Å². The fourth-order valence-corrected chi connectivity index (χ4v) is 3.83. The zero-order valence-electron chi connectivity index (χ0n) is 14.9. The smallest absolute Gasteiger partial charge is 0.376 e. The Morgan fingerprint density at radius 1 is 1.37 bits per heavy atom. The predicted octanol–water partition coefficient (Wildman–Crippen LogP) is 2.63. The van der Waals surface area contributed by atoms with Gasteiger partial charge in [0.2, 0.25) is 0 Å². The summed E-state index contributed by atoms with van der Waals surface area (Å²) in [5.74, 6) is 0. The van der Waals surface area contributed by atoms with E-state index in [-0.39, 0.29) is 21.8 Å². The third-order valence-corrected chi connectivity index (χ3v) is 5.24. The number of hydrogen-bond donors (Lipinski definition) is 0. The molecular formula is C17H20Cl2N6O2. The number of rotatable bonds is 4. The van der Waals surface area contributed by atoms with E-state index in [1.165, 1.54) is 0 Å². The lowest BCUT2D eigenvalue weighted by Gasteiger charge is -2.37. The number of piperidine rings is 1.